The lowest BCUT2D eigenvalue weighted by atomic mass is 9.87. The molecule has 250 valence electrons. The van der Waals surface area contributed by atoms with Crippen LogP contribution in [0.25, 0.3) is 11.1 Å². The number of likely N-dealkylation sites (tertiary alicyclic amines) is 1. The average Bonchev–Trinajstić information content (AvgIpc) is 3.44. The predicted molar refractivity (Wildman–Crippen MR) is 153 cm³/mol. The van der Waals surface area contributed by atoms with Crippen LogP contribution < -0.4 is 4.90 Å². The van der Waals surface area contributed by atoms with Crippen LogP contribution in [-0.4, -0.2) is 66.5 Å². The third-order valence-electron chi connectivity index (χ3n) is 7.94. The van der Waals surface area contributed by atoms with Gasteiger partial charge in [0.2, 0.25) is 5.95 Å². The number of benzene rings is 1. The predicted octanol–water partition coefficient (Wildman–Crippen LogP) is 6.55. The summed E-state index contributed by atoms with van der Waals surface area (Å²) in [6, 6.07) is 0.120. The number of anilines is 1. The van der Waals surface area contributed by atoms with Crippen molar-refractivity contribution in [2.24, 2.45) is 7.05 Å². The number of piperidine rings is 1. The van der Waals surface area contributed by atoms with Crippen LogP contribution in [0, 0.1) is 0 Å². The Labute approximate surface area is 261 Å². The van der Waals surface area contributed by atoms with Gasteiger partial charge in [-0.2, -0.15) is 31.4 Å². The summed E-state index contributed by atoms with van der Waals surface area (Å²) < 4.78 is 89.1. The smallest absolute Gasteiger partial charge is 0.416 e. The minimum Gasteiger partial charge on any atom is -0.481 e. The fourth-order valence-electron chi connectivity index (χ4n) is 5.69. The Bertz CT molecular complexity index is 1460. The van der Waals surface area contributed by atoms with Crippen LogP contribution in [0.4, 0.5) is 37.1 Å². The second kappa shape index (κ2) is 14.0. The monoisotopic (exact) mass is 656 g/mol. The molecule has 0 bridgehead atoms. The van der Waals surface area contributed by atoms with E-state index in [1.54, 1.807) is 33.9 Å². The highest BCUT2D eigenvalue weighted by Gasteiger charge is 2.41. The molecule has 0 unspecified atom stereocenters. The molecule has 0 saturated carbocycles. The highest BCUT2D eigenvalue weighted by atomic mass is 19.4. The van der Waals surface area contributed by atoms with E-state index in [0.29, 0.717) is 36.1 Å². The van der Waals surface area contributed by atoms with Crippen molar-refractivity contribution in [3.63, 3.8) is 0 Å². The quantitative estimate of drug-likeness (QED) is 0.245. The minimum absolute atomic E-state index is 0.0850. The van der Waals surface area contributed by atoms with Crippen LogP contribution in [0.3, 0.4) is 0 Å². The SMILES string of the molecule is CC[C@@H]1C[C@H](N(Cc2cc(C(F)(F)F)cc(C(F)(F)F)c2)c2ncc(-c3cnn(C)c3)cn2)C[C@H](CC)N1C(=O)OCCC(=O)O. The maximum absolute atomic E-state index is 13.7. The van der Waals surface area contributed by atoms with Gasteiger partial charge in [-0.05, 0) is 49.4 Å². The van der Waals surface area contributed by atoms with E-state index in [0.717, 1.165) is 0 Å². The number of alkyl halides is 6. The van der Waals surface area contributed by atoms with E-state index in [-0.39, 0.29) is 50.0 Å². The van der Waals surface area contributed by atoms with E-state index in [9.17, 15) is 35.9 Å². The lowest BCUT2D eigenvalue weighted by Crippen LogP contribution is -2.57. The lowest BCUT2D eigenvalue weighted by Gasteiger charge is -2.47. The molecule has 0 radical (unpaired) electrons. The molecule has 3 aromatic rings. The minimum atomic E-state index is -5.02. The van der Waals surface area contributed by atoms with Gasteiger partial charge in [0.25, 0.3) is 0 Å². The zero-order valence-corrected chi connectivity index (χ0v) is 25.3. The highest BCUT2D eigenvalue weighted by Crippen LogP contribution is 2.38. The number of aliphatic carboxylic acids is 1. The van der Waals surface area contributed by atoms with Crippen molar-refractivity contribution >= 4 is 18.0 Å². The number of carboxylic acid groups (broad SMARTS) is 1. The maximum Gasteiger partial charge on any atom is 0.416 e. The number of carbonyl (C=O) groups excluding carboxylic acids is 1. The number of rotatable bonds is 10. The molecule has 1 aliphatic heterocycles. The van der Waals surface area contributed by atoms with E-state index in [1.807, 2.05) is 13.8 Å². The molecular weight excluding hydrogens is 622 g/mol. The van der Waals surface area contributed by atoms with Gasteiger partial charge in [-0.15, -0.1) is 0 Å². The van der Waals surface area contributed by atoms with Crippen molar-refractivity contribution in [1.29, 1.82) is 0 Å². The number of hydrogen-bond acceptors (Lipinski definition) is 7. The van der Waals surface area contributed by atoms with Crippen molar-refractivity contribution in [3.05, 3.63) is 59.7 Å². The maximum atomic E-state index is 13.7. The normalized spacial score (nSPS) is 18.8. The van der Waals surface area contributed by atoms with Gasteiger partial charge in [-0.25, -0.2) is 14.8 Å². The van der Waals surface area contributed by atoms with Gasteiger partial charge >= 0.3 is 24.4 Å². The summed E-state index contributed by atoms with van der Waals surface area (Å²) >= 11 is 0. The Balaban J connectivity index is 1.73. The Morgan fingerprint density at radius 1 is 0.935 bits per heavy atom. The number of aromatic nitrogens is 4. The fraction of sp³-hybridized carbons (Fsp3) is 0.500. The highest BCUT2D eigenvalue weighted by molar-refractivity contribution is 5.70. The Morgan fingerprint density at radius 3 is 1.96 bits per heavy atom. The van der Waals surface area contributed by atoms with Crippen molar-refractivity contribution in [2.75, 3.05) is 11.5 Å². The van der Waals surface area contributed by atoms with Crippen LogP contribution in [0.15, 0.2) is 43.0 Å². The summed E-state index contributed by atoms with van der Waals surface area (Å²) in [5.41, 5.74) is -1.78. The number of hydrogen-bond donors (Lipinski definition) is 1. The summed E-state index contributed by atoms with van der Waals surface area (Å²) in [6.45, 7) is 2.98. The molecule has 3 atom stereocenters. The Kier molecular flexibility index (Phi) is 10.5. The molecular formula is C30H34F6N6O4. The van der Waals surface area contributed by atoms with Gasteiger partial charge in [-0.3, -0.25) is 9.48 Å². The van der Waals surface area contributed by atoms with Gasteiger partial charge in [0, 0.05) is 61.4 Å². The first kappa shape index (κ1) is 34.5. The number of nitrogens with zero attached hydrogens (tertiary/aromatic N) is 6. The van der Waals surface area contributed by atoms with Gasteiger partial charge < -0.3 is 19.6 Å². The van der Waals surface area contributed by atoms with Crippen molar-refractivity contribution in [3.8, 4) is 11.1 Å². The van der Waals surface area contributed by atoms with Gasteiger partial charge in [0.15, 0.2) is 0 Å². The first-order valence-corrected chi connectivity index (χ1v) is 14.6. The molecule has 16 heteroatoms. The zero-order chi connectivity index (χ0) is 33.8. The third kappa shape index (κ3) is 8.26. The van der Waals surface area contributed by atoms with Gasteiger partial charge in [-0.1, -0.05) is 13.8 Å². The molecule has 46 heavy (non-hydrogen) atoms. The lowest BCUT2D eigenvalue weighted by molar-refractivity contribution is -0.143. The molecule has 0 spiro atoms. The molecule has 2 aromatic heterocycles. The molecule has 3 heterocycles. The van der Waals surface area contributed by atoms with Crippen LogP contribution in [0.5, 0.6) is 0 Å². The first-order valence-electron chi connectivity index (χ1n) is 14.6. The number of halogens is 6. The summed E-state index contributed by atoms with van der Waals surface area (Å²) in [6.07, 6.45) is -3.28. The van der Waals surface area contributed by atoms with Crippen molar-refractivity contribution < 1.29 is 45.8 Å². The second-order valence-electron chi connectivity index (χ2n) is 11.1. The Hall–Kier alpha value is -4.37. The number of aryl methyl sites for hydroxylation is 1. The van der Waals surface area contributed by atoms with E-state index in [1.165, 1.54) is 12.4 Å². The zero-order valence-electron chi connectivity index (χ0n) is 25.3. The fourth-order valence-corrected chi connectivity index (χ4v) is 5.69. The number of carbonyl (C=O) groups is 2. The first-order chi connectivity index (χ1) is 21.6. The molecule has 1 saturated heterocycles. The molecule has 0 aliphatic carbocycles. The van der Waals surface area contributed by atoms with Crippen LogP contribution in [0.2, 0.25) is 0 Å². The van der Waals surface area contributed by atoms with Crippen molar-refractivity contribution in [1.82, 2.24) is 24.6 Å². The third-order valence-corrected chi connectivity index (χ3v) is 7.94. The summed E-state index contributed by atoms with van der Waals surface area (Å²) in [5.74, 6) is -1.04. The van der Waals surface area contributed by atoms with Gasteiger partial charge in [0.05, 0.1) is 23.7 Å². The summed E-state index contributed by atoms with van der Waals surface area (Å²) in [7, 11) is 1.73. The molecule has 1 amide bonds. The van der Waals surface area contributed by atoms with Gasteiger partial charge in [0.1, 0.15) is 6.61 Å². The van der Waals surface area contributed by atoms with Crippen LogP contribution >= 0.6 is 0 Å². The molecule has 1 aromatic carbocycles. The molecule has 10 nitrogen and oxygen atoms in total. The van der Waals surface area contributed by atoms with E-state index < -0.39 is 53.7 Å². The number of carboxylic acids is 1. The van der Waals surface area contributed by atoms with E-state index >= 15 is 0 Å². The van der Waals surface area contributed by atoms with Crippen LogP contribution in [-0.2, 0) is 35.5 Å². The van der Waals surface area contributed by atoms with Crippen molar-refractivity contribution in [2.45, 2.75) is 83.0 Å². The van der Waals surface area contributed by atoms with Crippen LogP contribution in [0.1, 0.15) is 62.6 Å². The Morgan fingerprint density at radius 2 is 1.50 bits per heavy atom. The molecule has 1 aliphatic rings. The van der Waals surface area contributed by atoms with E-state index in [4.69, 9.17) is 9.84 Å². The summed E-state index contributed by atoms with van der Waals surface area (Å²) in [4.78, 5) is 36.0. The molecule has 4 rings (SSSR count). The number of ether oxygens (including phenoxy) is 1. The molecule has 1 fully saturated rings. The average molecular weight is 657 g/mol. The molecule has 1 N–H and O–H groups in total. The largest absolute Gasteiger partial charge is 0.481 e. The topological polar surface area (TPSA) is 114 Å². The second-order valence-corrected chi connectivity index (χ2v) is 11.1. The van der Waals surface area contributed by atoms with E-state index in [2.05, 4.69) is 15.1 Å². The summed E-state index contributed by atoms with van der Waals surface area (Å²) in [5, 5.41) is 13.0. The number of amides is 1. The standard InChI is InChI=1S/C30H34F6N6O4/c1-4-23-11-25(12-24(5-2)42(23)28(45)46-7-6-26(43)44)41(27-37-13-19(14-38-27)20-15-39-40(3)17-20)16-18-8-21(29(31,32)33)10-22(9-18)30(34,35)36/h8-10,13-15,17,23-25H,4-7,11-12,16H2,1-3H3,(H,43,44)/t23-,24+,25+.